The molecule has 0 aliphatic rings. The zero-order valence-corrected chi connectivity index (χ0v) is 13.0. The number of aromatic carboxylic acids is 1. The number of carbonyl (C=O) groups excluding carboxylic acids is 1. The fourth-order valence-corrected chi connectivity index (χ4v) is 2.08. The fraction of sp³-hybridized carbons (Fsp3) is 0.500. The van der Waals surface area contributed by atoms with Crippen LogP contribution >= 0.6 is 0 Å². The summed E-state index contributed by atoms with van der Waals surface area (Å²) in [5.74, 6) is -0.943. The topological polar surface area (TPSA) is 60.9 Å². The molecule has 0 aliphatic carbocycles. The van der Waals surface area contributed by atoms with Crippen LogP contribution in [0.3, 0.4) is 0 Å². The Bertz CT molecular complexity index is 471. The van der Waals surface area contributed by atoms with Gasteiger partial charge >= 0.3 is 12.0 Å². The molecule has 0 aliphatic heterocycles. The third kappa shape index (κ3) is 5.45. The van der Waals surface area contributed by atoms with E-state index in [0.717, 1.165) is 31.4 Å². The second-order valence-corrected chi connectivity index (χ2v) is 5.27. The molecule has 0 saturated heterocycles. The minimum Gasteiger partial charge on any atom is -0.478 e. The molecule has 1 N–H and O–H groups in total. The number of nitrogens with zero attached hydrogens (tertiary/aromatic N) is 2. The third-order valence-electron chi connectivity index (χ3n) is 3.37. The van der Waals surface area contributed by atoms with Crippen molar-refractivity contribution in [2.24, 2.45) is 0 Å². The van der Waals surface area contributed by atoms with Gasteiger partial charge in [0.2, 0.25) is 0 Å². The third-order valence-corrected chi connectivity index (χ3v) is 3.37. The molecule has 0 saturated carbocycles. The summed E-state index contributed by atoms with van der Waals surface area (Å²) in [5.41, 5.74) is 1.17. The molecule has 1 rings (SSSR count). The summed E-state index contributed by atoms with van der Waals surface area (Å²) in [6, 6.07) is 6.57. The number of amides is 2. The van der Waals surface area contributed by atoms with Crippen LogP contribution in [0.5, 0.6) is 0 Å². The van der Waals surface area contributed by atoms with Crippen molar-refractivity contribution in [3.8, 4) is 0 Å². The minimum absolute atomic E-state index is 0.0200. The number of urea groups is 1. The lowest BCUT2D eigenvalue weighted by molar-refractivity contribution is 0.0697. The van der Waals surface area contributed by atoms with Gasteiger partial charge in [-0.05, 0) is 24.1 Å². The van der Waals surface area contributed by atoms with Gasteiger partial charge in [0.1, 0.15) is 0 Å². The maximum absolute atomic E-state index is 12.2. The number of benzene rings is 1. The van der Waals surface area contributed by atoms with Crippen LogP contribution in [0.2, 0.25) is 0 Å². The van der Waals surface area contributed by atoms with Crippen LogP contribution in [-0.2, 0) is 6.54 Å². The summed E-state index contributed by atoms with van der Waals surface area (Å²) in [6.07, 6.45) is 3.27. The number of hydrogen-bond acceptors (Lipinski definition) is 2. The second kappa shape index (κ2) is 8.29. The van der Waals surface area contributed by atoms with Crippen molar-refractivity contribution >= 4 is 12.0 Å². The second-order valence-electron chi connectivity index (χ2n) is 5.27. The predicted molar refractivity (Wildman–Crippen MR) is 82.4 cm³/mol. The summed E-state index contributed by atoms with van der Waals surface area (Å²) >= 11 is 0. The largest absolute Gasteiger partial charge is 0.478 e. The van der Waals surface area contributed by atoms with E-state index in [1.165, 1.54) is 0 Å². The molecule has 21 heavy (non-hydrogen) atoms. The molecule has 1 aromatic rings. The highest BCUT2D eigenvalue weighted by Crippen LogP contribution is 2.08. The maximum atomic E-state index is 12.2. The van der Waals surface area contributed by atoms with E-state index in [4.69, 9.17) is 5.11 Å². The van der Waals surface area contributed by atoms with Crippen LogP contribution in [-0.4, -0.2) is 47.5 Å². The van der Waals surface area contributed by atoms with Gasteiger partial charge in [0.05, 0.1) is 5.56 Å². The van der Waals surface area contributed by atoms with Crippen LogP contribution in [0.25, 0.3) is 0 Å². The van der Waals surface area contributed by atoms with Crippen molar-refractivity contribution < 1.29 is 14.7 Å². The molecule has 0 atom stereocenters. The van der Waals surface area contributed by atoms with E-state index in [-0.39, 0.29) is 11.6 Å². The zero-order valence-electron chi connectivity index (χ0n) is 13.0. The van der Waals surface area contributed by atoms with E-state index in [2.05, 4.69) is 6.92 Å². The number of unbranched alkanes of at least 4 members (excludes halogenated alkanes) is 2. The number of rotatable bonds is 7. The quantitative estimate of drug-likeness (QED) is 0.786. The van der Waals surface area contributed by atoms with Crippen molar-refractivity contribution in [3.05, 3.63) is 35.4 Å². The normalized spacial score (nSPS) is 10.2. The minimum atomic E-state index is -0.943. The molecule has 0 unspecified atom stereocenters. The number of carboxylic acids is 1. The summed E-state index contributed by atoms with van der Waals surface area (Å²) < 4.78 is 0. The first-order chi connectivity index (χ1) is 9.95. The molecule has 0 bridgehead atoms. The molecule has 0 aromatic heterocycles. The van der Waals surface area contributed by atoms with Crippen molar-refractivity contribution in [2.75, 3.05) is 20.6 Å². The summed E-state index contributed by atoms with van der Waals surface area (Å²) in [4.78, 5) is 26.3. The van der Waals surface area contributed by atoms with Gasteiger partial charge in [0.15, 0.2) is 0 Å². The van der Waals surface area contributed by atoms with Crippen LogP contribution < -0.4 is 0 Å². The Labute approximate surface area is 126 Å². The van der Waals surface area contributed by atoms with Gasteiger partial charge in [-0.3, -0.25) is 0 Å². The number of carbonyl (C=O) groups is 2. The van der Waals surface area contributed by atoms with Gasteiger partial charge in [0.25, 0.3) is 0 Å². The van der Waals surface area contributed by atoms with Crippen molar-refractivity contribution in [1.82, 2.24) is 9.80 Å². The van der Waals surface area contributed by atoms with Crippen LogP contribution in [0.15, 0.2) is 24.3 Å². The molecular weight excluding hydrogens is 268 g/mol. The maximum Gasteiger partial charge on any atom is 0.335 e. The molecule has 0 radical (unpaired) electrons. The Morgan fingerprint density at radius 3 is 2.19 bits per heavy atom. The summed E-state index contributed by atoms with van der Waals surface area (Å²) in [6.45, 7) is 3.36. The van der Waals surface area contributed by atoms with E-state index < -0.39 is 5.97 Å². The van der Waals surface area contributed by atoms with E-state index in [1.807, 2.05) is 7.05 Å². The van der Waals surface area contributed by atoms with Crippen LogP contribution in [0.4, 0.5) is 4.79 Å². The predicted octanol–water partition coefficient (Wildman–Crippen LogP) is 3.06. The van der Waals surface area contributed by atoms with Gasteiger partial charge in [-0.2, -0.15) is 0 Å². The monoisotopic (exact) mass is 292 g/mol. The van der Waals surface area contributed by atoms with Gasteiger partial charge in [-0.1, -0.05) is 31.9 Å². The first kappa shape index (κ1) is 17.0. The molecular formula is C16H24N2O3. The first-order valence-electron chi connectivity index (χ1n) is 7.24. The molecule has 116 valence electrons. The van der Waals surface area contributed by atoms with Crippen LogP contribution in [0.1, 0.15) is 42.1 Å². The lowest BCUT2D eigenvalue weighted by atomic mass is 10.1. The van der Waals surface area contributed by atoms with Crippen LogP contribution in [0, 0.1) is 0 Å². The lowest BCUT2D eigenvalue weighted by Crippen LogP contribution is -2.38. The highest BCUT2D eigenvalue weighted by molar-refractivity contribution is 5.87. The molecule has 2 amide bonds. The van der Waals surface area contributed by atoms with Gasteiger partial charge in [-0.15, -0.1) is 0 Å². The van der Waals surface area contributed by atoms with E-state index in [9.17, 15) is 9.59 Å². The van der Waals surface area contributed by atoms with Gasteiger partial charge in [0, 0.05) is 27.2 Å². The average molecular weight is 292 g/mol. The Morgan fingerprint density at radius 2 is 1.67 bits per heavy atom. The van der Waals surface area contributed by atoms with Crippen molar-refractivity contribution in [1.29, 1.82) is 0 Å². The number of hydrogen-bond donors (Lipinski definition) is 1. The molecule has 5 nitrogen and oxygen atoms in total. The Hall–Kier alpha value is -2.04. The van der Waals surface area contributed by atoms with Crippen molar-refractivity contribution in [2.45, 2.75) is 32.7 Å². The fourth-order valence-electron chi connectivity index (χ4n) is 2.08. The van der Waals surface area contributed by atoms with Crippen molar-refractivity contribution in [3.63, 3.8) is 0 Å². The highest BCUT2D eigenvalue weighted by Gasteiger charge is 2.14. The van der Waals surface area contributed by atoms with E-state index >= 15 is 0 Å². The Kier molecular flexibility index (Phi) is 6.72. The summed E-state index contributed by atoms with van der Waals surface area (Å²) in [5, 5.41) is 8.85. The zero-order chi connectivity index (χ0) is 15.8. The molecule has 5 heteroatoms. The first-order valence-corrected chi connectivity index (χ1v) is 7.24. The highest BCUT2D eigenvalue weighted by atomic mass is 16.4. The smallest absolute Gasteiger partial charge is 0.335 e. The average Bonchev–Trinajstić information content (AvgIpc) is 2.47. The standard InChI is InChI=1S/C16H24N2O3/c1-4-5-6-11-17(2)16(21)18(3)12-13-7-9-14(10-8-13)15(19)20/h7-10H,4-6,11-12H2,1-3H3,(H,19,20). The molecule has 1 aromatic carbocycles. The van der Waals surface area contributed by atoms with E-state index in [1.54, 1.807) is 41.1 Å². The van der Waals surface area contributed by atoms with Gasteiger partial charge < -0.3 is 14.9 Å². The van der Waals surface area contributed by atoms with Gasteiger partial charge in [-0.25, -0.2) is 9.59 Å². The molecule has 0 heterocycles. The molecule has 0 spiro atoms. The lowest BCUT2D eigenvalue weighted by Gasteiger charge is -2.25. The summed E-state index contributed by atoms with van der Waals surface area (Å²) in [7, 11) is 3.56. The Balaban J connectivity index is 2.53. The van der Waals surface area contributed by atoms with E-state index in [0.29, 0.717) is 6.54 Å². The number of carboxylic acid groups (broad SMARTS) is 1. The Morgan fingerprint density at radius 1 is 1.05 bits per heavy atom. The molecule has 0 fully saturated rings. The SMILES string of the molecule is CCCCCN(C)C(=O)N(C)Cc1ccc(C(=O)O)cc1.